The van der Waals surface area contributed by atoms with Crippen molar-refractivity contribution in [2.24, 2.45) is 0 Å². The summed E-state index contributed by atoms with van der Waals surface area (Å²) in [5.74, 6) is 0.951. The van der Waals surface area contributed by atoms with Crippen molar-refractivity contribution in [3.63, 3.8) is 0 Å². The van der Waals surface area contributed by atoms with Crippen molar-refractivity contribution < 1.29 is 9.63 Å². The highest BCUT2D eigenvalue weighted by Gasteiger charge is 2.15. The molecule has 7 nitrogen and oxygen atoms in total. The molecule has 2 aromatic heterocycles. The lowest BCUT2D eigenvalue weighted by Gasteiger charge is -1.98. The molecule has 1 aromatic carbocycles. The van der Waals surface area contributed by atoms with Gasteiger partial charge in [0, 0.05) is 4.47 Å². The summed E-state index contributed by atoms with van der Waals surface area (Å²) >= 11 is 3.31. The standard InChI is InChI=1S/C10H6BrN5O2/c11-5-1-2-7(17)6(3-5)10-14-9(16-18-10)8-12-4-13-15-8/h1-4,17H,(H,12,13,15). The van der Waals surface area contributed by atoms with Crippen LogP contribution in [0, 0.1) is 0 Å². The number of hydrogen-bond acceptors (Lipinski definition) is 6. The van der Waals surface area contributed by atoms with E-state index in [1.165, 1.54) is 12.4 Å². The highest BCUT2D eigenvalue weighted by atomic mass is 79.9. The number of hydrogen-bond donors (Lipinski definition) is 2. The Hall–Kier alpha value is -2.22. The number of rotatable bonds is 2. The zero-order chi connectivity index (χ0) is 12.5. The lowest BCUT2D eigenvalue weighted by Crippen LogP contribution is -1.84. The van der Waals surface area contributed by atoms with Crippen molar-refractivity contribution >= 4 is 15.9 Å². The van der Waals surface area contributed by atoms with E-state index in [2.05, 4.69) is 41.3 Å². The number of aromatic nitrogens is 5. The summed E-state index contributed by atoms with van der Waals surface area (Å²) in [6.07, 6.45) is 1.35. The molecule has 0 fully saturated rings. The average molecular weight is 308 g/mol. The summed E-state index contributed by atoms with van der Waals surface area (Å²) in [4.78, 5) is 8.04. The number of nitrogens with one attached hydrogen (secondary N) is 1. The first kappa shape index (κ1) is 10.9. The van der Waals surface area contributed by atoms with Crippen molar-refractivity contribution in [2.75, 3.05) is 0 Å². The molecule has 0 atom stereocenters. The van der Waals surface area contributed by atoms with Gasteiger partial charge >= 0.3 is 0 Å². The first-order valence-electron chi connectivity index (χ1n) is 4.92. The van der Waals surface area contributed by atoms with Crippen molar-refractivity contribution in [3.05, 3.63) is 29.0 Å². The molecule has 0 spiro atoms. The van der Waals surface area contributed by atoms with Crippen molar-refractivity contribution in [2.45, 2.75) is 0 Å². The molecular formula is C10H6BrN5O2. The lowest BCUT2D eigenvalue weighted by molar-refractivity contribution is 0.425. The Morgan fingerprint density at radius 3 is 3.00 bits per heavy atom. The molecular weight excluding hydrogens is 302 g/mol. The Kier molecular flexibility index (Phi) is 2.56. The monoisotopic (exact) mass is 307 g/mol. The van der Waals surface area contributed by atoms with E-state index in [-0.39, 0.29) is 17.5 Å². The van der Waals surface area contributed by atoms with Crippen LogP contribution >= 0.6 is 15.9 Å². The number of H-pyrrole nitrogens is 1. The predicted octanol–water partition coefficient (Wildman–Crippen LogP) is 1.99. The summed E-state index contributed by atoms with van der Waals surface area (Å²) in [6.45, 7) is 0. The van der Waals surface area contributed by atoms with Gasteiger partial charge in [-0.2, -0.15) is 10.1 Å². The van der Waals surface area contributed by atoms with Gasteiger partial charge in [-0.3, -0.25) is 5.10 Å². The molecule has 3 rings (SSSR count). The van der Waals surface area contributed by atoms with Crippen LogP contribution < -0.4 is 0 Å². The second kappa shape index (κ2) is 4.22. The van der Waals surface area contributed by atoms with Crippen molar-refractivity contribution in [1.29, 1.82) is 0 Å². The summed E-state index contributed by atoms with van der Waals surface area (Å²) in [5.41, 5.74) is 0.447. The Morgan fingerprint density at radius 1 is 1.33 bits per heavy atom. The zero-order valence-corrected chi connectivity index (χ0v) is 10.4. The number of aromatic hydroxyl groups is 1. The molecule has 0 saturated heterocycles. The number of halogens is 1. The second-order valence-electron chi connectivity index (χ2n) is 3.42. The minimum absolute atomic E-state index is 0.0611. The van der Waals surface area contributed by atoms with Crippen LogP contribution in [-0.4, -0.2) is 30.4 Å². The van der Waals surface area contributed by atoms with E-state index in [1.54, 1.807) is 12.1 Å². The lowest BCUT2D eigenvalue weighted by atomic mass is 10.2. The first-order valence-corrected chi connectivity index (χ1v) is 5.71. The third-order valence-electron chi connectivity index (χ3n) is 2.24. The van der Waals surface area contributed by atoms with Crippen LogP contribution in [0.25, 0.3) is 23.1 Å². The number of benzene rings is 1. The van der Waals surface area contributed by atoms with E-state index in [0.29, 0.717) is 11.4 Å². The van der Waals surface area contributed by atoms with Gasteiger partial charge in [0.15, 0.2) is 5.82 Å². The normalized spacial score (nSPS) is 10.7. The van der Waals surface area contributed by atoms with Crippen LogP contribution in [0.3, 0.4) is 0 Å². The maximum atomic E-state index is 9.74. The van der Waals surface area contributed by atoms with Crippen LogP contribution in [-0.2, 0) is 0 Å². The maximum absolute atomic E-state index is 9.74. The summed E-state index contributed by atoms with van der Waals surface area (Å²) in [5, 5.41) is 19.8. The quantitative estimate of drug-likeness (QED) is 0.751. The minimum Gasteiger partial charge on any atom is -0.507 e. The maximum Gasteiger partial charge on any atom is 0.262 e. The van der Waals surface area contributed by atoms with Gasteiger partial charge in [0.2, 0.25) is 5.82 Å². The molecule has 0 aliphatic heterocycles. The summed E-state index contributed by atoms with van der Waals surface area (Å²) in [7, 11) is 0. The van der Waals surface area contributed by atoms with Crippen molar-refractivity contribution in [1.82, 2.24) is 25.3 Å². The molecule has 18 heavy (non-hydrogen) atoms. The van der Waals surface area contributed by atoms with Crippen LogP contribution in [0.2, 0.25) is 0 Å². The van der Waals surface area contributed by atoms with E-state index in [9.17, 15) is 5.11 Å². The van der Waals surface area contributed by atoms with Gasteiger partial charge in [0.05, 0.1) is 5.56 Å². The van der Waals surface area contributed by atoms with Crippen LogP contribution in [0.1, 0.15) is 0 Å². The molecule has 0 saturated carbocycles. The Labute approximate surface area is 109 Å². The fraction of sp³-hybridized carbons (Fsp3) is 0. The molecule has 0 bridgehead atoms. The van der Waals surface area contributed by atoms with Crippen LogP contribution in [0.5, 0.6) is 5.75 Å². The van der Waals surface area contributed by atoms with Gasteiger partial charge in [-0.1, -0.05) is 21.1 Å². The van der Waals surface area contributed by atoms with Gasteiger partial charge in [-0.05, 0) is 18.2 Å². The average Bonchev–Trinajstić information content (AvgIpc) is 3.00. The Balaban J connectivity index is 2.05. The largest absolute Gasteiger partial charge is 0.507 e. The molecule has 2 heterocycles. The SMILES string of the molecule is Oc1ccc(Br)cc1-c1nc(-c2ncn[nH]2)no1. The molecule has 0 amide bonds. The zero-order valence-electron chi connectivity index (χ0n) is 8.83. The third-order valence-corrected chi connectivity index (χ3v) is 2.74. The number of phenols is 1. The van der Waals surface area contributed by atoms with E-state index in [0.717, 1.165) is 4.47 Å². The van der Waals surface area contributed by atoms with E-state index in [4.69, 9.17) is 4.52 Å². The fourth-order valence-corrected chi connectivity index (χ4v) is 1.78. The van der Waals surface area contributed by atoms with Gasteiger partial charge in [0.1, 0.15) is 12.1 Å². The molecule has 3 aromatic rings. The van der Waals surface area contributed by atoms with E-state index < -0.39 is 0 Å². The number of nitrogens with zero attached hydrogens (tertiary/aromatic N) is 4. The predicted molar refractivity (Wildman–Crippen MR) is 64.5 cm³/mol. The molecule has 0 radical (unpaired) electrons. The number of aromatic amines is 1. The number of phenolic OH excluding ortho intramolecular Hbond substituents is 1. The Bertz CT molecular complexity index is 679. The smallest absolute Gasteiger partial charge is 0.262 e. The topological polar surface area (TPSA) is 101 Å². The van der Waals surface area contributed by atoms with Crippen LogP contribution in [0.15, 0.2) is 33.5 Å². The molecule has 90 valence electrons. The fourth-order valence-electron chi connectivity index (χ4n) is 1.42. The highest BCUT2D eigenvalue weighted by Crippen LogP contribution is 2.31. The summed E-state index contributed by atoms with van der Waals surface area (Å²) in [6, 6.07) is 4.94. The summed E-state index contributed by atoms with van der Waals surface area (Å²) < 4.78 is 5.88. The molecule has 0 aliphatic rings. The van der Waals surface area contributed by atoms with E-state index in [1.807, 2.05) is 0 Å². The minimum atomic E-state index is 0.0611. The van der Waals surface area contributed by atoms with Gasteiger partial charge in [-0.25, -0.2) is 4.98 Å². The van der Waals surface area contributed by atoms with Gasteiger partial charge < -0.3 is 9.63 Å². The second-order valence-corrected chi connectivity index (χ2v) is 4.33. The highest BCUT2D eigenvalue weighted by molar-refractivity contribution is 9.10. The molecule has 2 N–H and O–H groups in total. The van der Waals surface area contributed by atoms with E-state index >= 15 is 0 Å². The Morgan fingerprint density at radius 2 is 2.22 bits per heavy atom. The van der Waals surface area contributed by atoms with Gasteiger partial charge in [0.25, 0.3) is 5.89 Å². The molecule has 8 heteroatoms. The third kappa shape index (κ3) is 1.86. The molecule has 0 unspecified atom stereocenters. The first-order chi connectivity index (χ1) is 8.74. The van der Waals surface area contributed by atoms with Crippen molar-refractivity contribution in [3.8, 4) is 28.9 Å². The van der Waals surface area contributed by atoms with Crippen LogP contribution in [0.4, 0.5) is 0 Å². The molecule has 0 aliphatic carbocycles. The van der Waals surface area contributed by atoms with Gasteiger partial charge in [-0.15, -0.1) is 0 Å².